The Morgan fingerprint density at radius 1 is 1.50 bits per heavy atom. The molecule has 14 heavy (non-hydrogen) atoms. The summed E-state index contributed by atoms with van der Waals surface area (Å²) in [6.07, 6.45) is 3.23. The number of nitrogens with one attached hydrogen (secondary N) is 1. The van der Waals surface area contributed by atoms with E-state index in [1.807, 2.05) is 6.92 Å². The van der Waals surface area contributed by atoms with E-state index in [2.05, 4.69) is 12.2 Å². The molecule has 1 aliphatic carbocycles. The molecule has 0 bridgehead atoms. The van der Waals surface area contributed by atoms with Crippen LogP contribution < -0.4 is 5.32 Å². The van der Waals surface area contributed by atoms with Gasteiger partial charge in [-0.1, -0.05) is 6.42 Å². The molecule has 0 radical (unpaired) electrons. The summed E-state index contributed by atoms with van der Waals surface area (Å²) < 4.78 is 5.31. The average Bonchev–Trinajstić information content (AvgIpc) is 2.58. The van der Waals surface area contributed by atoms with Gasteiger partial charge in [0.1, 0.15) is 0 Å². The summed E-state index contributed by atoms with van der Waals surface area (Å²) in [7, 11) is 0. The molecule has 0 saturated heterocycles. The van der Waals surface area contributed by atoms with Gasteiger partial charge in [0, 0.05) is 19.2 Å². The number of aliphatic hydroxyl groups excluding tert-OH is 1. The van der Waals surface area contributed by atoms with Crippen LogP contribution in [-0.2, 0) is 4.74 Å². The van der Waals surface area contributed by atoms with Gasteiger partial charge in [-0.05, 0) is 32.6 Å². The normalized spacial score (nSPS) is 29.4. The molecule has 0 aromatic rings. The van der Waals surface area contributed by atoms with Crippen molar-refractivity contribution in [1.82, 2.24) is 5.32 Å². The molecule has 3 unspecified atom stereocenters. The van der Waals surface area contributed by atoms with E-state index in [4.69, 9.17) is 4.74 Å². The van der Waals surface area contributed by atoms with E-state index >= 15 is 0 Å². The number of hydrogen-bond donors (Lipinski definition) is 2. The first kappa shape index (κ1) is 12.0. The minimum absolute atomic E-state index is 0.0817. The topological polar surface area (TPSA) is 41.5 Å². The number of ether oxygens (including phenoxy) is 1. The molecule has 1 rings (SSSR count). The van der Waals surface area contributed by atoms with Crippen molar-refractivity contribution in [1.29, 1.82) is 0 Å². The second kappa shape index (κ2) is 6.38. The van der Waals surface area contributed by atoms with E-state index in [-0.39, 0.29) is 6.10 Å². The summed E-state index contributed by atoms with van der Waals surface area (Å²) in [5.74, 6) is 0.457. The van der Waals surface area contributed by atoms with Crippen LogP contribution in [0.4, 0.5) is 0 Å². The molecule has 3 nitrogen and oxygen atoms in total. The Bertz CT molecular complexity index is 152. The van der Waals surface area contributed by atoms with Gasteiger partial charge in [0.15, 0.2) is 0 Å². The Kier molecular flexibility index (Phi) is 5.45. The van der Waals surface area contributed by atoms with Gasteiger partial charge >= 0.3 is 0 Å². The lowest BCUT2D eigenvalue weighted by Gasteiger charge is -2.19. The van der Waals surface area contributed by atoms with Gasteiger partial charge in [-0.3, -0.25) is 0 Å². The maximum Gasteiger partial charge on any atom is 0.0616 e. The monoisotopic (exact) mass is 201 g/mol. The number of aliphatic hydroxyl groups is 1. The first-order valence-corrected chi connectivity index (χ1v) is 5.73. The zero-order valence-electron chi connectivity index (χ0n) is 9.33. The third-order valence-corrected chi connectivity index (χ3v) is 2.92. The van der Waals surface area contributed by atoms with Crippen molar-refractivity contribution in [3.05, 3.63) is 0 Å². The number of hydrogen-bond acceptors (Lipinski definition) is 3. The van der Waals surface area contributed by atoms with Crippen molar-refractivity contribution in [2.45, 2.75) is 45.3 Å². The van der Waals surface area contributed by atoms with Crippen LogP contribution in [0, 0.1) is 5.92 Å². The zero-order chi connectivity index (χ0) is 10.4. The molecule has 2 N–H and O–H groups in total. The molecule has 3 heteroatoms. The second-order valence-corrected chi connectivity index (χ2v) is 4.23. The Morgan fingerprint density at radius 3 is 2.86 bits per heavy atom. The van der Waals surface area contributed by atoms with Gasteiger partial charge in [-0.2, -0.15) is 0 Å². The van der Waals surface area contributed by atoms with E-state index < -0.39 is 0 Å². The summed E-state index contributed by atoms with van der Waals surface area (Å²) >= 11 is 0. The SMILES string of the molecule is CCOCC(C)NCC1CCCC1O. The molecule has 0 aliphatic heterocycles. The van der Waals surface area contributed by atoms with Gasteiger partial charge in [0.05, 0.1) is 12.7 Å². The summed E-state index contributed by atoms with van der Waals surface area (Å²) in [4.78, 5) is 0. The number of rotatable bonds is 6. The lowest BCUT2D eigenvalue weighted by atomic mass is 10.1. The highest BCUT2D eigenvalue weighted by Gasteiger charge is 2.24. The fourth-order valence-electron chi connectivity index (χ4n) is 1.96. The zero-order valence-corrected chi connectivity index (χ0v) is 9.33. The molecule has 0 aromatic carbocycles. The van der Waals surface area contributed by atoms with Crippen molar-refractivity contribution in [3.8, 4) is 0 Å². The van der Waals surface area contributed by atoms with Gasteiger partial charge < -0.3 is 15.2 Å². The van der Waals surface area contributed by atoms with E-state index in [1.165, 1.54) is 6.42 Å². The quantitative estimate of drug-likeness (QED) is 0.677. The van der Waals surface area contributed by atoms with Gasteiger partial charge in [0.25, 0.3) is 0 Å². The Labute approximate surface area is 86.8 Å². The van der Waals surface area contributed by atoms with Crippen molar-refractivity contribution >= 4 is 0 Å². The second-order valence-electron chi connectivity index (χ2n) is 4.23. The lowest BCUT2D eigenvalue weighted by molar-refractivity contribution is 0.110. The van der Waals surface area contributed by atoms with Crippen molar-refractivity contribution in [2.24, 2.45) is 5.92 Å². The maximum atomic E-state index is 9.61. The highest BCUT2D eigenvalue weighted by molar-refractivity contribution is 4.79. The molecule has 3 atom stereocenters. The summed E-state index contributed by atoms with van der Waals surface area (Å²) in [5, 5.41) is 13.0. The Balaban J connectivity index is 2.07. The van der Waals surface area contributed by atoms with E-state index in [9.17, 15) is 5.11 Å². The molecular formula is C11H23NO2. The lowest BCUT2D eigenvalue weighted by Crippen LogP contribution is -2.36. The minimum atomic E-state index is -0.0817. The Morgan fingerprint density at radius 2 is 2.29 bits per heavy atom. The first-order chi connectivity index (χ1) is 6.74. The third-order valence-electron chi connectivity index (χ3n) is 2.92. The molecule has 0 heterocycles. The molecule has 0 aromatic heterocycles. The highest BCUT2D eigenvalue weighted by atomic mass is 16.5. The summed E-state index contributed by atoms with van der Waals surface area (Å²) in [5.41, 5.74) is 0. The van der Waals surface area contributed by atoms with Crippen LogP contribution >= 0.6 is 0 Å². The maximum absolute atomic E-state index is 9.61. The molecule has 1 aliphatic rings. The van der Waals surface area contributed by atoms with Crippen LogP contribution in [0.3, 0.4) is 0 Å². The fourth-order valence-corrected chi connectivity index (χ4v) is 1.96. The third kappa shape index (κ3) is 3.95. The van der Waals surface area contributed by atoms with E-state index in [0.717, 1.165) is 32.6 Å². The summed E-state index contributed by atoms with van der Waals surface area (Å²) in [6.45, 7) is 6.59. The van der Waals surface area contributed by atoms with Gasteiger partial charge in [0.2, 0.25) is 0 Å². The standard InChI is InChI=1S/C11H23NO2/c1-3-14-8-9(2)12-7-10-5-4-6-11(10)13/h9-13H,3-8H2,1-2H3. The van der Waals surface area contributed by atoms with Crippen LogP contribution in [0.5, 0.6) is 0 Å². The van der Waals surface area contributed by atoms with Crippen LogP contribution in [0.2, 0.25) is 0 Å². The highest BCUT2D eigenvalue weighted by Crippen LogP contribution is 2.24. The van der Waals surface area contributed by atoms with E-state index in [1.54, 1.807) is 0 Å². The molecule has 1 fully saturated rings. The predicted molar refractivity (Wildman–Crippen MR) is 57.3 cm³/mol. The van der Waals surface area contributed by atoms with E-state index in [0.29, 0.717) is 12.0 Å². The van der Waals surface area contributed by atoms with Crippen LogP contribution in [0.1, 0.15) is 33.1 Å². The van der Waals surface area contributed by atoms with Crippen LogP contribution in [-0.4, -0.2) is 37.0 Å². The smallest absolute Gasteiger partial charge is 0.0616 e. The molecule has 0 amide bonds. The molecular weight excluding hydrogens is 178 g/mol. The average molecular weight is 201 g/mol. The molecule has 0 spiro atoms. The fraction of sp³-hybridized carbons (Fsp3) is 1.00. The predicted octanol–water partition coefficient (Wildman–Crippen LogP) is 1.16. The Hall–Kier alpha value is -0.120. The first-order valence-electron chi connectivity index (χ1n) is 5.73. The summed E-state index contributed by atoms with van der Waals surface area (Å²) in [6, 6.07) is 0.391. The largest absolute Gasteiger partial charge is 0.393 e. The molecule has 84 valence electrons. The molecule has 1 saturated carbocycles. The van der Waals surface area contributed by atoms with Crippen molar-refractivity contribution < 1.29 is 9.84 Å². The minimum Gasteiger partial charge on any atom is -0.393 e. The van der Waals surface area contributed by atoms with Crippen molar-refractivity contribution in [2.75, 3.05) is 19.8 Å². The van der Waals surface area contributed by atoms with Crippen LogP contribution in [0.25, 0.3) is 0 Å². The van der Waals surface area contributed by atoms with Gasteiger partial charge in [-0.15, -0.1) is 0 Å². The van der Waals surface area contributed by atoms with Crippen molar-refractivity contribution in [3.63, 3.8) is 0 Å². The van der Waals surface area contributed by atoms with Crippen LogP contribution in [0.15, 0.2) is 0 Å². The van der Waals surface area contributed by atoms with Gasteiger partial charge in [-0.25, -0.2) is 0 Å².